The molecule has 0 atom stereocenters. The van der Waals surface area contributed by atoms with Crippen LogP contribution in [0, 0.1) is 10.1 Å². The molecule has 0 aliphatic carbocycles. The van der Waals surface area contributed by atoms with Crippen LogP contribution < -0.4 is 10.6 Å². The molecule has 0 saturated carbocycles. The van der Waals surface area contributed by atoms with Gasteiger partial charge >= 0.3 is 0 Å². The van der Waals surface area contributed by atoms with E-state index < -0.39 is 4.92 Å². The summed E-state index contributed by atoms with van der Waals surface area (Å²) in [5.74, 6) is -0.286. The Labute approximate surface area is 151 Å². The summed E-state index contributed by atoms with van der Waals surface area (Å²) < 4.78 is 0.561. The average Bonchev–Trinajstić information content (AvgIpc) is 3.01. The Bertz CT molecular complexity index is 763. The summed E-state index contributed by atoms with van der Waals surface area (Å²) in [5, 5.41) is 24.0. The number of hydrogen-bond donors (Lipinski definition) is 2. The first-order valence-corrected chi connectivity index (χ1v) is 9.08. The molecule has 0 bridgehead atoms. The molecule has 2 rings (SSSR count). The number of hydrogen-bond acceptors (Lipinski definition) is 8. The van der Waals surface area contributed by atoms with Gasteiger partial charge in [-0.1, -0.05) is 30.0 Å². The molecular weight excluding hydrogens is 366 g/mol. The Hall–Kier alpha value is -2.53. The van der Waals surface area contributed by atoms with E-state index in [9.17, 15) is 19.7 Å². The van der Waals surface area contributed by atoms with Crippen LogP contribution in [0.25, 0.3) is 0 Å². The van der Waals surface area contributed by atoms with E-state index in [1.54, 1.807) is 0 Å². The normalized spacial score (nSPS) is 10.3. The van der Waals surface area contributed by atoms with Crippen molar-refractivity contribution in [3.05, 3.63) is 34.4 Å². The quantitative estimate of drug-likeness (QED) is 0.311. The van der Waals surface area contributed by atoms with Gasteiger partial charge in [-0.3, -0.25) is 19.7 Å². The van der Waals surface area contributed by atoms with Crippen LogP contribution in [0.4, 0.5) is 16.5 Å². The lowest BCUT2D eigenvalue weighted by Crippen LogP contribution is -2.13. The number of amides is 2. The van der Waals surface area contributed by atoms with Crippen LogP contribution >= 0.6 is 23.1 Å². The molecule has 0 saturated heterocycles. The third-order valence-corrected chi connectivity index (χ3v) is 4.79. The summed E-state index contributed by atoms with van der Waals surface area (Å²) in [7, 11) is 0. The van der Waals surface area contributed by atoms with Gasteiger partial charge in [0.05, 0.1) is 10.7 Å². The van der Waals surface area contributed by atoms with Crippen molar-refractivity contribution in [2.24, 2.45) is 0 Å². The van der Waals surface area contributed by atoms with Gasteiger partial charge in [-0.15, -0.1) is 10.2 Å². The lowest BCUT2D eigenvalue weighted by Gasteiger charge is -2.03. The van der Waals surface area contributed by atoms with Crippen LogP contribution in [-0.2, 0) is 9.59 Å². The molecule has 0 aliphatic rings. The molecule has 0 aliphatic heterocycles. The third kappa shape index (κ3) is 6.12. The van der Waals surface area contributed by atoms with Gasteiger partial charge in [0, 0.05) is 24.2 Å². The van der Waals surface area contributed by atoms with Crippen molar-refractivity contribution in [1.82, 2.24) is 10.2 Å². The van der Waals surface area contributed by atoms with Gasteiger partial charge in [-0.25, -0.2) is 0 Å². The molecule has 0 unspecified atom stereocenters. The van der Waals surface area contributed by atoms with E-state index in [-0.39, 0.29) is 23.3 Å². The number of nitrogens with zero attached hydrogens (tertiary/aromatic N) is 3. The molecule has 2 amide bonds. The van der Waals surface area contributed by atoms with Gasteiger partial charge in [0.1, 0.15) is 0 Å². The van der Waals surface area contributed by atoms with Crippen molar-refractivity contribution in [2.45, 2.75) is 24.1 Å². The number of nitro groups is 1. The first-order valence-electron chi connectivity index (χ1n) is 7.28. The van der Waals surface area contributed by atoms with Gasteiger partial charge in [0.15, 0.2) is 4.34 Å². The Morgan fingerprint density at radius 2 is 1.92 bits per heavy atom. The number of carbonyl (C=O) groups excluding carboxylic acids is 2. The molecular formula is C14H15N5O4S2. The van der Waals surface area contributed by atoms with E-state index in [4.69, 9.17) is 0 Å². The zero-order valence-corrected chi connectivity index (χ0v) is 14.9. The van der Waals surface area contributed by atoms with E-state index in [2.05, 4.69) is 20.8 Å². The standard InChI is InChI=1S/C14H15N5O4S2/c1-2-3-11(20)16-13-17-18-14(25-13)24-8-12(21)15-9-4-6-10(7-5-9)19(22)23/h4-7H,2-3,8H2,1H3,(H,15,21)(H,16,17,20). The number of nitrogens with one attached hydrogen (secondary N) is 2. The number of anilines is 2. The number of rotatable bonds is 8. The molecule has 25 heavy (non-hydrogen) atoms. The second kappa shape index (κ2) is 9.08. The minimum absolute atomic E-state index is 0.0427. The summed E-state index contributed by atoms with van der Waals surface area (Å²) in [6.45, 7) is 1.91. The fourth-order valence-corrected chi connectivity index (χ4v) is 3.29. The van der Waals surface area contributed by atoms with Gasteiger partial charge in [0.2, 0.25) is 16.9 Å². The Balaban J connectivity index is 1.80. The summed E-state index contributed by atoms with van der Waals surface area (Å²) in [4.78, 5) is 33.4. The SMILES string of the molecule is CCCC(=O)Nc1nnc(SCC(=O)Nc2ccc([N+](=O)[O-])cc2)s1. The highest BCUT2D eigenvalue weighted by molar-refractivity contribution is 8.01. The van der Waals surface area contributed by atoms with Crippen LogP contribution in [-0.4, -0.2) is 32.7 Å². The van der Waals surface area contributed by atoms with Crippen molar-refractivity contribution in [3.8, 4) is 0 Å². The van der Waals surface area contributed by atoms with Crippen LogP contribution in [0.1, 0.15) is 19.8 Å². The monoisotopic (exact) mass is 381 g/mol. The molecule has 0 radical (unpaired) electrons. The van der Waals surface area contributed by atoms with Crippen LogP contribution in [0.15, 0.2) is 28.6 Å². The number of thioether (sulfide) groups is 1. The molecule has 0 spiro atoms. The van der Waals surface area contributed by atoms with Gasteiger partial charge in [-0.05, 0) is 18.6 Å². The first-order chi connectivity index (χ1) is 12.0. The largest absolute Gasteiger partial charge is 0.325 e. The maximum absolute atomic E-state index is 11.9. The number of nitro benzene ring substituents is 1. The number of benzene rings is 1. The van der Waals surface area contributed by atoms with E-state index in [1.807, 2.05) is 6.92 Å². The minimum Gasteiger partial charge on any atom is -0.325 e. The summed E-state index contributed by atoms with van der Waals surface area (Å²) in [6.07, 6.45) is 1.16. The second-order valence-corrected chi connectivity index (χ2v) is 7.01. The maximum atomic E-state index is 11.9. The average molecular weight is 381 g/mol. The molecule has 1 heterocycles. The first kappa shape index (κ1) is 18.8. The molecule has 2 N–H and O–H groups in total. The fraction of sp³-hybridized carbons (Fsp3) is 0.286. The van der Waals surface area contributed by atoms with Crippen LogP contribution in [0.3, 0.4) is 0 Å². The third-order valence-electron chi connectivity index (χ3n) is 2.82. The number of aromatic nitrogens is 2. The highest BCUT2D eigenvalue weighted by atomic mass is 32.2. The zero-order valence-electron chi connectivity index (χ0n) is 13.2. The number of non-ortho nitro benzene ring substituents is 1. The molecule has 0 fully saturated rings. The number of carbonyl (C=O) groups is 2. The highest BCUT2D eigenvalue weighted by Gasteiger charge is 2.11. The van der Waals surface area contributed by atoms with E-state index in [0.29, 0.717) is 21.6 Å². The highest BCUT2D eigenvalue weighted by Crippen LogP contribution is 2.25. The molecule has 1 aromatic heterocycles. The van der Waals surface area contributed by atoms with Crippen LogP contribution in [0.5, 0.6) is 0 Å². The van der Waals surface area contributed by atoms with Crippen molar-refractivity contribution in [3.63, 3.8) is 0 Å². The summed E-state index contributed by atoms with van der Waals surface area (Å²) in [6, 6.07) is 5.57. The van der Waals surface area contributed by atoms with E-state index in [0.717, 1.165) is 6.42 Å². The Kier molecular flexibility index (Phi) is 6.83. The molecule has 11 heteroatoms. The predicted octanol–water partition coefficient (Wildman–Crippen LogP) is 2.92. The van der Waals surface area contributed by atoms with Gasteiger partial charge in [-0.2, -0.15) is 0 Å². The molecule has 9 nitrogen and oxygen atoms in total. The van der Waals surface area contributed by atoms with E-state index >= 15 is 0 Å². The molecule has 1 aromatic carbocycles. The Morgan fingerprint density at radius 3 is 2.56 bits per heavy atom. The fourth-order valence-electron chi connectivity index (χ4n) is 1.72. The minimum atomic E-state index is -0.506. The predicted molar refractivity (Wildman–Crippen MR) is 95.9 cm³/mol. The van der Waals surface area contributed by atoms with Crippen molar-refractivity contribution in [1.29, 1.82) is 0 Å². The molecule has 2 aromatic rings. The summed E-state index contributed by atoms with van der Waals surface area (Å²) >= 11 is 2.38. The zero-order chi connectivity index (χ0) is 18.2. The maximum Gasteiger partial charge on any atom is 0.269 e. The molecule has 132 valence electrons. The van der Waals surface area contributed by atoms with Gasteiger partial charge in [0.25, 0.3) is 5.69 Å². The van der Waals surface area contributed by atoms with Crippen molar-refractivity contribution < 1.29 is 14.5 Å². The lowest BCUT2D eigenvalue weighted by molar-refractivity contribution is -0.384. The van der Waals surface area contributed by atoms with Crippen LogP contribution in [0.2, 0.25) is 0 Å². The Morgan fingerprint density at radius 1 is 1.20 bits per heavy atom. The smallest absolute Gasteiger partial charge is 0.269 e. The van der Waals surface area contributed by atoms with Crippen molar-refractivity contribution >= 4 is 51.4 Å². The second-order valence-electron chi connectivity index (χ2n) is 4.81. The van der Waals surface area contributed by atoms with Crippen molar-refractivity contribution in [2.75, 3.05) is 16.4 Å². The summed E-state index contributed by atoms with van der Waals surface area (Å²) in [5.41, 5.74) is 0.430. The van der Waals surface area contributed by atoms with E-state index in [1.165, 1.54) is 47.4 Å². The van der Waals surface area contributed by atoms with Gasteiger partial charge < -0.3 is 10.6 Å². The lowest BCUT2D eigenvalue weighted by atomic mass is 10.3. The topological polar surface area (TPSA) is 127 Å².